The number of carboxylic acids is 2. The molecule has 0 aromatic carbocycles. The van der Waals surface area contributed by atoms with Crippen LogP contribution in [-0.4, -0.2) is 22.2 Å². The molecule has 0 aliphatic carbocycles. The van der Waals surface area contributed by atoms with Gasteiger partial charge in [0.15, 0.2) is 0 Å². The molecule has 0 aromatic heterocycles. The predicted octanol–water partition coefficient (Wildman–Crippen LogP) is 2.38. The maximum atomic E-state index is 9.87. The fraction of sp³-hybridized carbons (Fsp3) is 0.800. The van der Waals surface area contributed by atoms with Crippen LogP contribution in [0.5, 0.6) is 0 Å². The summed E-state index contributed by atoms with van der Waals surface area (Å²) >= 11 is 0. The van der Waals surface area contributed by atoms with Crippen LogP contribution in [0, 0.1) is 5.92 Å². The molecule has 0 aliphatic rings. The molecule has 0 spiro atoms. The van der Waals surface area contributed by atoms with Gasteiger partial charge in [-0.05, 0) is 6.42 Å². The molecule has 0 radical (unpaired) electrons. The van der Waals surface area contributed by atoms with Crippen molar-refractivity contribution in [3.63, 3.8) is 0 Å². The van der Waals surface area contributed by atoms with E-state index < -0.39 is 11.9 Å². The molecule has 2 N–H and O–H groups in total. The Balaban J connectivity index is 0. The highest BCUT2D eigenvalue weighted by molar-refractivity contribution is 5.68. The van der Waals surface area contributed by atoms with Gasteiger partial charge >= 0.3 is 11.9 Å². The average Bonchev–Trinajstić information content (AvgIpc) is 2.05. The zero-order valence-corrected chi connectivity index (χ0v) is 9.12. The van der Waals surface area contributed by atoms with E-state index in [1.807, 2.05) is 0 Å². The second kappa shape index (κ2) is 10.0. The van der Waals surface area contributed by atoms with E-state index in [2.05, 4.69) is 6.92 Å². The summed E-state index contributed by atoms with van der Waals surface area (Å²) < 4.78 is 0. The molecule has 0 aliphatic heterocycles. The molecule has 0 saturated heterocycles. The second-order valence-electron chi connectivity index (χ2n) is 3.34. The highest BCUT2D eigenvalue weighted by Gasteiger charge is 1.99. The van der Waals surface area contributed by atoms with E-state index in [1.54, 1.807) is 13.8 Å². The van der Waals surface area contributed by atoms with Gasteiger partial charge in [-0.2, -0.15) is 0 Å². The largest absolute Gasteiger partial charge is 0.481 e. The molecule has 0 heterocycles. The number of hydrogen-bond donors (Lipinski definition) is 2. The minimum Gasteiger partial charge on any atom is -0.481 e. The highest BCUT2D eigenvalue weighted by atomic mass is 16.4. The summed E-state index contributed by atoms with van der Waals surface area (Å²) in [7, 11) is 0. The lowest BCUT2D eigenvalue weighted by atomic mass is 10.2. The highest BCUT2D eigenvalue weighted by Crippen LogP contribution is 1.97. The Morgan fingerprint density at radius 1 is 1.14 bits per heavy atom. The first-order valence-electron chi connectivity index (χ1n) is 4.86. The summed E-state index contributed by atoms with van der Waals surface area (Å²) in [5, 5.41) is 16.1. The number of hydrogen-bond acceptors (Lipinski definition) is 2. The Labute approximate surface area is 84.9 Å². The van der Waals surface area contributed by atoms with Crippen LogP contribution in [0.25, 0.3) is 0 Å². The summed E-state index contributed by atoms with van der Waals surface area (Å²) in [6.07, 6.45) is 3.28. The fourth-order valence-electron chi connectivity index (χ4n) is 0.526. The van der Waals surface area contributed by atoms with Gasteiger partial charge in [0, 0.05) is 6.42 Å². The molecule has 0 aromatic rings. The molecular weight excluding hydrogens is 184 g/mol. The molecule has 0 rings (SSSR count). The van der Waals surface area contributed by atoms with Crippen LogP contribution < -0.4 is 0 Å². The van der Waals surface area contributed by atoms with Crippen LogP contribution in [0.15, 0.2) is 0 Å². The van der Waals surface area contributed by atoms with Crippen molar-refractivity contribution in [2.45, 2.75) is 46.5 Å². The topological polar surface area (TPSA) is 74.6 Å². The number of unbranched alkanes of at least 4 members (excludes halogenated alkanes) is 2. The van der Waals surface area contributed by atoms with Gasteiger partial charge in [-0.1, -0.05) is 33.6 Å². The van der Waals surface area contributed by atoms with Gasteiger partial charge in [-0.15, -0.1) is 0 Å². The minimum atomic E-state index is -0.741. The SMILES string of the molecule is CC(C)C(=O)O.CCCCCC(=O)O. The average molecular weight is 204 g/mol. The molecule has 14 heavy (non-hydrogen) atoms. The first-order valence-corrected chi connectivity index (χ1v) is 4.86. The number of carboxylic acid groups (broad SMARTS) is 2. The van der Waals surface area contributed by atoms with Crippen molar-refractivity contribution in [3.05, 3.63) is 0 Å². The van der Waals surface area contributed by atoms with Gasteiger partial charge < -0.3 is 10.2 Å². The van der Waals surface area contributed by atoms with E-state index in [0.29, 0.717) is 6.42 Å². The van der Waals surface area contributed by atoms with Gasteiger partial charge in [0.2, 0.25) is 0 Å². The maximum Gasteiger partial charge on any atom is 0.305 e. The zero-order chi connectivity index (χ0) is 11.6. The van der Waals surface area contributed by atoms with Gasteiger partial charge in [-0.3, -0.25) is 9.59 Å². The van der Waals surface area contributed by atoms with E-state index >= 15 is 0 Å². The standard InChI is InChI=1S/C6H12O2.C4H8O2/c1-2-3-4-5-6(7)8;1-3(2)4(5)6/h2-5H2,1H3,(H,7,8);3H,1-2H3,(H,5,6). The quantitative estimate of drug-likeness (QED) is 0.674. The van der Waals surface area contributed by atoms with Gasteiger partial charge in [0.25, 0.3) is 0 Å². The van der Waals surface area contributed by atoms with Crippen molar-refractivity contribution >= 4 is 11.9 Å². The molecule has 0 atom stereocenters. The smallest absolute Gasteiger partial charge is 0.305 e. The molecule has 0 bridgehead atoms. The van der Waals surface area contributed by atoms with E-state index in [-0.39, 0.29) is 5.92 Å². The number of rotatable bonds is 5. The Bertz CT molecular complexity index is 164. The number of aliphatic carboxylic acids is 2. The first kappa shape index (κ1) is 15.4. The zero-order valence-electron chi connectivity index (χ0n) is 9.12. The van der Waals surface area contributed by atoms with Crippen molar-refractivity contribution in [1.29, 1.82) is 0 Å². The number of carbonyl (C=O) groups is 2. The summed E-state index contributed by atoms with van der Waals surface area (Å²) in [6, 6.07) is 0. The van der Waals surface area contributed by atoms with E-state index in [4.69, 9.17) is 10.2 Å². The van der Waals surface area contributed by atoms with Crippen LogP contribution in [-0.2, 0) is 9.59 Å². The molecule has 0 saturated carbocycles. The lowest BCUT2D eigenvalue weighted by Crippen LogP contribution is -2.03. The van der Waals surface area contributed by atoms with Gasteiger partial charge in [0.1, 0.15) is 0 Å². The molecule has 4 nitrogen and oxygen atoms in total. The molecule has 0 amide bonds. The van der Waals surface area contributed by atoms with Crippen LogP contribution in [0.1, 0.15) is 46.5 Å². The Kier molecular flexibility index (Phi) is 11.0. The third-order valence-corrected chi connectivity index (χ3v) is 1.49. The fourth-order valence-corrected chi connectivity index (χ4v) is 0.526. The summed E-state index contributed by atoms with van der Waals surface area (Å²) in [6.45, 7) is 5.34. The Morgan fingerprint density at radius 3 is 1.79 bits per heavy atom. The van der Waals surface area contributed by atoms with Crippen LogP contribution in [0.2, 0.25) is 0 Å². The van der Waals surface area contributed by atoms with Gasteiger partial charge in [-0.25, -0.2) is 0 Å². The Hall–Kier alpha value is -1.06. The van der Waals surface area contributed by atoms with Crippen LogP contribution in [0.3, 0.4) is 0 Å². The lowest BCUT2D eigenvalue weighted by molar-refractivity contribution is -0.140. The normalized spacial score (nSPS) is 9.14. The van der Waals surface area contributed by atoms with Crippen molar-refractivity contribution in [3.8, 4) is 0 Å². The summed E-state index contributed by atoms with van der Waals surface area (Å²) in [4.78, 5) is 19.6. The first-order chi connectivity index (χ1) is 6.41. The van der Waals surface area contributed by atoms with Gasteiger partial charge in [0.05, 0.1) is 5.92 Å². The van der Waals surface area contributed by atoms with Crippen molar-refractivity contribution in [2.24, 2.45) is 5.92 Å². The second-order valence-corrected chi connectivity index (χ2v) is 3.34. The van der Waals surface area contributed by atoms with E-state index in [9.17, 15) is 9.59 Å². The third kappa shape index (κ3) is 17.1. The molecule has 0 fully saturated rings. The summed E-state index contributed by atoms with van der Waals surface area (Å²) in [5.74, 6) is -1.65. The maximum absolute atomic E-state index is 9.87. The van der Waals surface area contributed by atoms with E-state index in [0.717, 1.165) is 19.3 Å². The van der Waals surface area contributed by atoms with Crippen molar-refractivity contribution in [2.75, 3.05) is 0 Å². The third-order valence-electron chi connectivity index (χ3n) is 1.49. The monoisotopic (exact) mass is 204 g/mol. The van der Waals surface area contributed by atoms with Crippen molar-refractivity contribution < 1.29 is 19.8 Å². The summed E-state index contributed by atoms with van der Waals surface area (Å²) in [5.41, 5.74) is 0. The van der Waals surface area contributed by atoms with E-state index in [1.165, 1.54) is 0 Å². The molecule has 84 valence electrons. The molecular formula is C10H20O4. The Morgan fingerprint density at radius 2 is 1.57 bits per heavy atom. The van der Waals surface area contributed by atoms with Crippen LogP contribution in [0.4, 0.5) is 0 Å². The van der Waals surface area contributed by atoms with Crippen molar-refractivity contribution in [1.82, 2.24) is 0 Å². The minimum absolute atomic E-state index is 0.231. The predicted molar refractivity (Wildman–Crippen MR) is 54.3 cm³/mol. The molecule has 4 heteroatoms. The van der Waals surface area contributed by atoms with Crippen LogP contribution >= 0.6 is 0 Å². The lowest BCUT2D eigenvalue weighted by Gasteiger charge is -1.89. The molecule has 0 unspecified atom stereocenters.